The van der Waals surface area contributed by atoms with E-state index in [1.54, 1.807) is 16.8 Å². The number of hydrogen-bond acceptors (Lipinski definition) is 5. The number of nitrogens with zero attached hydrogens (tertiary/aromatic N) is 3. The maximum Gasteiger partial charge on any atom is 0.338 e. The van der Waals surface area contributed by atoms with Gasteiger partial charge in [0, 0.05) is 7.05 Å². The van der Waals surface area contributed by atoms with Crippen LogP contribution in [0.1, 0.15) is 15.9 Å². The first kappa shape index (κ1) is 15.7. The molecule has 1 amide bonds. The second-order valence-electron chi connectivity index (χ2n) is 5.18. The summed E-state index contributed by atoms with van der Waals surface area (Å²) < 4.78 is 6.71. The summed E-state index contributed by atoms with van der Waals surface area (Å²) in [4.78, 5) is 22.9. The minimum absolute atomic E-state index is 0.290. The van der Waals surface area contributed by atoms with E-state index in [2.05, 4.69) is 15.6 Å². The van der Waals surface area contributed by atoms with E-state index in [1.165, 1.54) is 7.05 Å². The average molecular weight is 324 g/mol. The first-order chi connectivity index (χ1) is 11.7. The topological polar surface area (TPSA) is 86.1 Å². The fourth-order valence-electron chi connectivity index (χ4n) is 2.24. The highest BCUT2D eigenvalue weighted by Crippen LogP contribution is 2.13. The second-order valence-corrected chi connectivity index (χ2v) is 5.18. The molecule has 0 spiro atoms. The standard InChI is InChI=1S/C17H16N4O3/c1-18-16(22)11-24-17(23)13-8-6-12(7-9-13)10-21-15-5-3-2-4-14(15)19-20-21/h2-9H,10-11H2,1H3,(H,18,22). The molecule has 0 unspecified atom stereocenters. The summed E-state index contributed by atoms with van der Waals surface area (Å²) in [6.07, 6.45) is 0. The van der Waals surface area contributed by atoms with E-state index in [0.29, 0.717) is 12.1 Å². The number of para-hydroxylation sites is 1. The number of benzene rings is 2. The van der Waals surface area contributed by atoms with Crippen LogP contribution in [0.15, 0.2) is 48.5 Å². The van der Waals surface area contributed by atoms with Crippen molar-refractivity contribution in [1.82, 2.24) is 20.3 Å². The molecule has 0 radical (unpaired) electrons. The number of hydrogen-bond donors (Lipinski definition) is 1. The third-order valence-electron chi connectivity index (χ3n) is 3.56. The molecule has 0 fully saturated rings. The van der Waals surface area contributed by atoms with Crippen LogP contribution in [-0.4, -0.2) is 40.5 Å². The maximum atomic E-state index is 11.8. The number of fused-ring (bicyclic) bond motifs is 1. The Labute approximate surface area is 138 Å². The smallest absolute Gasteiger partial charge is 0.338 e. The van der Waals surface area contributed by atoms with E-state index in [9.17, 15) is 9.59 Å². The number of likely N-dealkylation sites (N-methyl/N-ethyl adjacent to an activating group) is 1. The minimum Gasteiger partial charge on any atom is -0.452 e. The van der Waals surface area contributed by atoms with E-state index < -0.39 is 5.97 Å². The molecule has 0 aliphatic rings. The number of aromatic nitrogens is 3. The number of carbonyl (C=O) groups excluding carboxylic acids is 2. The van der Waals surface area contributed by atoms with Crippen LogP contribution < -0.4 is 5.32 Å². The zero-order chi connectivity index (χ0) is 16.9. The van der Waals surface area contributed by atoms with Crippen LogP contribution >= 0.6 is 0 Å². The molecule has 3 rings (SSSR count). The molecule has 0 bridgehead atoms. The molecule has 7 heteroatoms. The van der Waals surface area contributed by atoms with E-state index in [4.69, 9.17) is 4.74 Å². The van der Waals surface area contributed by atoms with Gasteiger partial charge in [-0.05, 0) is 29.8 Å². The lowest BCUT2D eigenvalue weighted by molar-refractivity contribution is -0.123. The number of rotatable bonds is 5. The largest absolute Gasteiger partial charge is 0.452 e. The van der Waals surface area contributed by atoms with Gasteiger partial charge in [-0.15, -0.1) is 5.10 Å². The Bertz CT molecular complexity index is 871. The molecule has 1 heterocycles. The fourth-order valence-corrected chi connectivity index (χ4v) is 2.24. The molecule has 1 N–H and O–H groups in total. The molecule has 24 heavy (non-hydrogen) atoms. The highest BCUT2D eigenvalue weighted by Gasteiger charge is 2.10. The SMILES string of the molecule is CNC(=O)COC(=O)c1ccc(Cn2nnc3ccccc32)cc1. The van der Waals surface area contributed by atoms with Crippen LogP contribution in [0.3, 0.4) is 0 Å². The molecule has 0 aliphatic heterocycles. The van der Waals surface area contributed by atoms with Crippen LogP contribution in [0.25, 0.3) is 11.0 Å². The highest BCUT2D eigenvalue weighted by molar-refractivity contribution is 5.91. The number of ether oxygens (including phenoxy) is 1. The van der Waals surface area contributed by atoms with Crippen LogP contribution in [0.5, 0.6) is 0 Å². The summed E-state index contributed by atoms with van der Waals surface area (Å²) in [5, 5.41) is 10.6. The number of amides is 1. The van der Waals surface area contributed by atoms with Gasteiger partial charge in [0.25, 0.3) is 5.91 Å². The van der Waals surface area contributed by atoms with Gasteiger partial charge in [0.05, 0.1) is 17.6 Å². The Balaban J connectivity index is 1.68. The van der Waals surface area contributed by atoms with Crippen molar-refractivity contribution in [2.45, 2.75) is 6.54 Å². The second kappa shape index (κ2) is 6.91. The Hall–Kier alpha value is -3.22. The van der Waals surface area contributed by atoms with Gasteiger partial charge in [-0.25, -0.2) is 9.48 Å². The lowest BCUT2D eigenvalue weighted by Gasteiger charge is -2.06. The lowest BCUT2D eigenvalue weighted by Crippen LogP contribution is -2.25. The van der Waals surface area contributed by atoms with Crippen LogP contribution in [0.4, 0.5) is 0 Å². The normalized spacial score (nSPS) is 10.5. The quantitative estimate of drug-likeness (QED) is 0.717. The molecule has 0 saturated heterocycles. The summed E-state index contributed by atoms with van der Waals surface area (Å²) in [6, 6.07) is 14.7. The van der Waals surface area contributed by atoms with Crippen molar-refractivity contribution < 1.29 is 14.3 Å². The van der Waals surface area contributed by atoms with E-state index in [1.807, 2.05) is 36.4 Å². The van der Waals surface area contributed by atoms with Gasteiger partial charge < -0.3 is 10.1 Å². The van der Waals surface area contributed by atoms with Crippen molar-refractivity contribution in [1.29, 1.82) is 0 Å². The molecule has 3 aromatic rings. The van der Waals surface area contributed by atoms with Gasteiger partial charge in [-0.1, -0.05) is 29.5 Å². The maximum absolute atomic E-state index is 11.8. The van der Waals surface area contributed by atoms with Crippen molar-refractivity contribution in [3.8, 4) is 0 Å². The summed E-state index contributed by atoms with van der Waals surface area (Å²) >= 11 is 0. The Kier molecular flexibility index (Phi) is 4.51. The van der Waals surface area contributed by atoms with E-state index in [0.717, 1.165) is 16.6 Å². The van der Waals surface area contributed by atoms with Crippen molar-refractivity contribution in [3.63, 3.8) is 0 Å². The predicted octanol–water partition coefficient (Wildman–Crippen LogP) is 1.38. The minimum atomic E-state index is -0.531. The van der Waals surface area contributed by atoms with Crippen molar-refractivity contribution in [2.75, 3.05) is 13.7 Å². The van der Waals surface area contributed by atoms with Crippen molar-refractivity contribution in [2.24, 2.45) is 0 Å². The summed E-state index contributed by atoms with van der Waals surface area (Å²) in [6.45, 7) is 0.260. The Morgan fingerprint density at radius 1 is 1.12 bits per heavy atom. The monoisotopic (exact) mass is 324 g/mol. The van der Waals surface area contributed by atoms with Gasteiger partial charge in [-0.2, -0.15) is 0 Å². The zero-order valence-electron chi connectivity index (χ0n) is 13.1. The first-order valence-electron chi connectivity index (χ1n) is 7.42. The predicted molar refractivity (Wildman–Crippen MR) is 87.4 cm³/mol. The average Bonchev–Trinajstić information content (AvgIpc) is 3.03. The zero-order valence-corrected chi connectivity index (χ0v) is 13.1. The van der Waals surface area contributed by atoms with Crippen LogP contribution in [0, 0.1) is 0 Å². The molecular weight excluding hydrogens is 308 g/mol. The molecule has 1 aromatic heterocycles. The number of carbonyl (C=O) groups is 2. The first-order valence-corrected chi connectivity index (χ1v) is 7.42. The van der Waals surface area contributed by atoms with Gasteiger partial charge in [0.15, 0.2) is 6.61 Å². The van der Waals surface area contributed by atoms with Gasteiger partial charge >= 0.3 is 5.97 Å². The number of nitrogens with one attached hydrogen (secondary N) is 1. The molecule has 0 atom stereocenters. The lowest BCUT2D eigenvalue weighted by atomic mass is 10.1. The summed E-state index contributed by atoms with van der Waals surface area (Å²) in [7, 11) is 1.48. The summed E-state index contributed by atoms with van der Waals surface area (Å²) in [5.74, 6) is -0.880. The van der Waals surface area contributed by atoms with E-state index in [-0.39, 0.29) is 12.5 Å². The molecule has 0 aliphatic carbocycles. The third kappa shape index (κ3) is 3.40. The summed E-state index contributed by atoms with van der Waals surface area (Å²) in [5.41, 5.74) is 3.16. The molecule has 0 saturated carbocycles. The number of esters is 1. The Morgan fingerprint density at radius 2 is 1.88 bits per heavy atom. The fraction of sp³-hybridized carbons (Fsp3) is 0.176. The molecular formula is C17H16N4O3. The van der Waals surface area contributed by atoms with Crippen molar-refractivity contribution >= 4 is 22.9 Å². The van der Waals surface area contributed by atoms with Gasteiger partial charge in [-0.3, -0.25) is 4.79 Å². The molecule has 122 valence electrons. The highest BCUT2D eigenvalue weighted by atomic mass is 16.5. The Morgan fingerprint density at radius 3 is 2.62 bits per heavy atom. The van der Waals surface area contributed by atoms with Crippen molar-refractivity contribution in [3.05, 3.63) is 59.7 Å². The third-order valence-corrected chi connectivity index (χ3v) is 3.56. The van der Waals surface area contributed by atoms with Gasteiger partial charge in [0.1, 0.15) is 5.52 Å². The van der Waals surface area contributed by atoms with Gasteiger partial charge in [0.2, 0.25) is 0 Å². The van der Waals surface area contributed by atoms with Crippen LogP contribution in [0.2, 0.25) is 0 Å². The molecule has 7 nitrogen and oxygen atoms in total. The molecule has 2 aromatic carbocycles. The van der Waals surface area contributed by atoms with E-state index >= 15 is 0 Å². The van der Waals surface area contributed by atoms with Crippen LogP contribution in [-0.2, 0) is 16.1 Å².